The van der Waals surface area contributed by atoms with Crippen LogP contribution in [0.1, 0.15) is 32.4 Å². The third kappa shape index (κ3) is 4.10. The zero-order chi connectivity index (χ0) is 17.2. The Kier molecular flexibility index (Phi) is 5.09. The van der Waals surface area contributed by atoms with Crippen molar-refractivity contribution in [2.75, 3.05) is 6.61 Å². The first-order chi connectivity index (χ1) is 10.7. The van der Waals surface area contributed by atoms with Crippen LogP contribution in [-0.2, 0) is 16.1 Å². The summed E-state index contributed by atoms with van der Waals surface area (Å²) in [4.78, 5) is 12.0. The molecule has 2 rings (SSSR count). The topological polar surface area (TPSA) is 91.9 Å². The molecule has 6 nitrogen and oxygen atoms in total. The molecule has 1 heterocycles. The second kappa shape index (κ2) is 6.70. The van der Waals surface area contributed by atoms with E-state index in [1.54, 1.807) is 37.6 Å². The summed E-state index contributed by atoms with van der Waals surface area (Å²) in [5, 5.41) is 29.6. The van der Waals surface area contributed by atoms with E-state index in [0.717, 1.165) is 10.9 Å². The molecule has 0 aliphatic heterocycles. The van der Waals surface area contributed by atoms with E-state index < -0.39 is 24.4 Å². The van der Waals surface area contributed by atoms with Gasteiger partial charge in [0.05, 0.1) is 6.61 Å². The van der Waals surface area contributed by atoms with E-state index in [2.05, 4.69) is 0 Å². The van der Waals surface area contributed by atoms with Gasteiger partial charge in [0, 0.05) is 22.7 Å². The van der Waals surface area contributed by atoms with Crippen LogP contribution in [0.15, 0.2) is 30.5 Å². The summed E-state index contributed by atoms with van der Waals surface area (Å²) in [6.07, 6.45) is -0.904. The van der Waals surface area contributed by atoms with Gasteiger partial charge in [-0.1, -0.05) is 18.2 Å². The molecule has 0 radical (unpaired) electrons. The molecule has 0 bridgehead atoms. The molecule has 2 aromatic rings. The quantitative estimate of drug-likeness (QED) is 0.724. The zero-order valence-electron chi connectivity index (χ0n) is 13.6. The molecule has 23 heavy (non-hydrogen) atoms. The number of rotatable bonds is 5. The van der Waals surface area contributed by atoms with E-state index in [1.165, 1.54) is 0 Å². The van der Waals surface area contributed by atoms with Crippen molar-refractivity contribution in [1.82, 2.24) is 4.57 Å². The largest absolute Gasteiger partial charge is 0.459 e. The molecule has 0 amide bonds. The Balaban J connectivity index is 2.36. The molecular weight excluding hydrogens is 298 g/mol. The summed E-state index contributed by atoms with van der Waals surface area (Å²) in [5.74, 6) is -0.387. The van der Waals surface area contributed by atoms with E-state index in [4.69, 9.17) is 9.84 Å². The molecule has 6 heteroatoms. The van der Waals surface area contributed by atoms with Gasteiger partial charge < -0.3 is 24.6 Å². The molecule has 0 spiro atoms. The van der Waals surface area contributed by atoms with Crippen LogP contribution < -0.4 is 0 Å². The lowest BCUT2D eigenvalue weighted by Gasteiger charge is -2.19. The summed E-state index contributed by atoms with van der Waals surface area (Å²) in [7, 11) is 0. The number of hydrogen-bond acceptors (Lipinski definition) is 5. The van der Waals surface area contributed by atoms with Crippen LogP contribution in [0.2, 0.25) is 0 Å². The van der Waals surface area contributed by atoms with Gasteiger partial charge in [0.15, 0.2) is 0 Å². The molecule has 1 aromatic heterocycles. The van der Waals surface area contributed by atoms with Crippen LogP contribution >= 0.6 is 0 Å². The number of aromatic nitrogens is 1. The summed E-state index contributed by atoms with van der Waals surface area (Å²) in [5.41, 5.74) is 0.637. The molecule has 0 aliphatic rings. The first-order valence-electron chi connectivity index (χ1n) is 7.49. The Morgan fingerprint density at radius 3 is 2.52 bits per heavy atom. The predicted octanol–water partition coefficient (Wildman–Crippen LogP) is 1.37. The lowest BCUT2D eigenvalue weighted by Crippen LogP contribution is -2.26. The number of carbonyl (C=O) groups is 1. The maximum absolute atomic E-state index is 12.0. The van der Waals surface area contributed by atoms with Crippen molar-refractivity contribution < 1.29 is 24.9 Å². The minimum atomic E-state index is -1.28. The van der Waals surface area contributed by atoms with Crippen molar-refractivity contribution in [3.63, 3.8) is 0 Å². The molecular formula is C17H23NO5. The average Bonchev–Trinajstić information content (AvgIpc) is 2.82. The maximum Gasteiger partial charge on any atom is 0.326 e. The Labute approximate surface area is 134 Å². The van der Waals surface area contributed by atoms with Gasteiger partial charge in [0.25, 0.3) is 0 Å². The molecule has 0 fully saturated rings. The van der Waals surface area contributed by atoms with Crippen molar-refractivity contribution in [3.05, 3.63) is 36.0 Å². The summed E-state index contributed by atoms with van der Waals surface area (Å²) < 4.78 is 6.99. The normalized spacial score (nSPS) is 14.7. The molecule has 1 aromatic carbocycles. The number of hydrogen-bond donors (Lipinski definition) is 3. The minimum Gasteiger partial charge on any atom is -0.459 e. The number of carbonyl (C=O) groups excluding carboxylic acids is 1. The SMILES string of the molecule is CC(C)(C)OC(=O)Cn1cc(C(O)C(O)CO)c2ccccc21. The van der Waals surface area contributed by atoms with Gasteiger partial charge in [0.1, 0.15) is 24.4 Å². The van der Waals surface area contributed by atoms with E-state index in [0.29, 0.717) is 5.56 Å². The Morgan fingerprint density at radius 2 is 1.91 bits per heavy atom. The molecule has 3 N–H and O–H groups in total. The van der Waals surface area contributed by atoms with Crippen LogP contribution in [0.25, 0.3) is 10.9 Å². The number of ether oxygens (including phenoxy) is 1. The fourth-order valence-corrected chi connectivity index (χ4v) is 2.46. The molecule has 126 valence electrons. The molecule has 0 aliphatic carbocycles. The fraction of sp³-hybridized carbons (Fsp3) is 0.471. The lowest BCUT2D eigenvalue weighted by molar-refractivity contribution is -0.155. The highest BCUT2D eigenvalue weighted by Gasteiger charge is 2.23. The van der Waals surface area contributed by atoms with E-state index >= 15 is 0 Å². The van der Waals surface area contributed by atoms with Gasteiger partial charge in [-0.25, -0.2) is 0 Å². The Bertz CT molecular complexity index is 686. The number of benzene rings is 1. The van der Waals surface area contributed by atoms with Gasteiger partial charge >= 0.3 is 5.97 Å². The fourth-order valence-electron chi connectivity index (χ4n) is 2.46. The van der Waals surface area contributed by atoms with E-state index in [-0.39, 0.29) is 12.5 Å². The van der Waals surface area contributed by atoms with E-state index in [1.807, 2.05) is 18.2 Å². The maximum atomic E-state index is 12.0. The standard InChI is InChI=1S/C17H23NO5/c1-17(2,3)23-15(21)9-18-8-12(16(22)14(20)10-19)11-6-4-5-7-13(11)18/h4-8,14,16,19-20,22H,9-10H2,1-3H3. The first kappa shape index (κ1) is 17.5. The number of aliphatic hydroxyl groups is 3. The number of nitrogens with zero attached hydrogens (tertiary/aromatic N) is 1. The summed E-state index contributed by atoms with van der Waals surface area (Å²) in [6.45, 7) is 4.84. The molecule has 0 saturated heterocycles. The van der Waals surface area contributed by atoms with Crippen molar-refractivity contribution >= 4 is 16.9 Å². The van der Waals surface area contributed by atoms with Crippen LogP contribution in [0.3, 0.4) is 0 Å². The first-order valence-corrected chi connectivity index (χ1v) is 7.49. The van der Waals surface area contributed by atoms with Gasteiger partial charge in [-0.15, -0.1) is 0 Å². The minimum absolute atomic E-state index is 0.000274. The van der Waals surface area contributed by atoms with Crippen molar-refractivity contribution in [3.8, 4) is 0 Å². The van der Waals surface area contributed by atoms with Crippen LogP contribution in [0.5, 0.6) is 0 Å². The number of para-hydroxylation sites is 1. The number of aliphatic hydroxyl groups excluding tert-OH is 3. The second-order valence-corrected chi connectivity index (χ2v) is 6.51. The average molecular weight is 321 g/mol. The van der Waals surface area contributed by atoms with Crippen LogP contribution in [-0.4, -0.2) is 44.2 Å². The highest BCUT2D eigenvalue weighted by atomic mass is 16.6. The van der Waals surface area contributed by atoms with Gasteiger partial charge in [-0.2, -0.15) is 0 Å². The van der Waals surface area contributed by atoms with Crippen molar-refractivity contribution in [2.45, 2.75) is 45.1 Å². The van der Waals surface area contributed by atoms with Crippen molar-refractivity contribution in [2.24, 2.45) is 0 Å². The highest BCUT2D eigenvalue weighted by molar-refractivity contribution is 5.85. The smallest absolute Gasteiger partial charge is 0.326 e. The third-order valence-corrected chi connectivity index (χ3v) is 3.41. The highest BCUT2D eigenvalue weighted by Crippen LogP contribution is 2.28. The summed E-state index contributed by atoms with van der Waals surface area (Å²) in [6, 6.07) is 7.25. The van der Waals surface area contributed by atoms with Crippen LogP contribution in [0, 0.1) is 0 Å². The van der Waals surface area contributed by atoms with Crippen LogP contribution in [0.4, 0.5) is 0 Å². The monoisotopic (exact) mass is 321 g/mol. The Hall–Kier alpha value is -1.89. The molecule has 0 saturated carbocycles. The van der Waals surface area contributed by atoms with Gasteiger partial charge in [-0.05, 0) is 26.8 Å². The zero-order valence-corrected chi connectivity index (χ0v) is 13.6. The van der Waals surface area contributed by atoms with Gasteiger partial charge in [0.2, 0.25) is 0 Å². The summed E-state index contributed by atoms with van der Waals surface area (Å²) >= 11 is 0. The van der Waals surface area contributed by atoms with Crippen molar-refractivity contribution in [1.29, 1.82) is 0 Å². The number of fused-ring (bicyclic) bond motifs is 1. The third-order valence-electron chi connectivity index (χ3n) is 3.41. The van der Waals surface area contributed by atoms with E-state index in [9.17, 15) is 15.0 Å². The van der Waals surface area contributed by atoms with Gasteiger partial charge in [-0.3, -0.25) is 4.79 Å². The lowest BCUT2D eigenvalue weighted by atomic mass is 10.0. The Morgan fingerprint density at radius 1 is 1.26 bits per heavy atom. The number of esters is 1. The second-order valence-electron chi connectivity index (χ2n) is 6.51. The predicted molar refractivity (Wildman–Crippen MR) is 85.8 cm³/mol. The molecule has 2 unspecified atom stereocenters. The molecule has 2 atom stereocenters.